The molecule has 1 spiro atoms. The summed E-state index contributed by atoms with van der Waals surface area (Å²) in [7, 11) is 0. The fourth-order valence-corrected chi connectivity index (χ4v) is 4.70. The summed E-state index contributed by atoms with van der Waals surface area (Å²) in [6.07, 6.45) is 2.03. The number of aliphatic imine (C=N–C) groups is 1. The van der Waals surface area contributed by atoms with E-state index >= 15 is 0 Å². The number of rotatable bonds is 3. The van der Waals surface area contributed by atoms with E-state index in [1.807, 2.05) is 30.3 Å². The Bertz CT molecular complexity index is 639. The quantitative estimate of drug-likeness (QED) is 0.931. The normalized spacial score (nSPS) is 33.3. The highest BCUT2D eigenvalue weighted by molar-refractivity contribution is 6.15. The molecule has 4 rings (SSSR count). The van der Waals surface area contributed by atoms with E-state index in [0.29, 0.717) is 17.8 Å². The van der Waals surface area contributed by atoms with Crippen molar-refractivity contribution >= 4 is 11.7 Å². The zero-order chi connectivity index (χ0) is 16.0. The number of carbonyl (C=O) groups is 1. The summed E-state index contributed by atoms with van der Waals surface area (Å²) in [5, 5.41) is 3.06. The topological polar surface area (TPSA) is 44.7 Å². The smallest absolute Gasteiger partial charge is 0.253 e. The zero-order valence-electron chi connectivity index (χ0n) is 14.0. The van der Waals surface area contributed by atoms with Crippen LogP contribution in [0.5, 0.6) is 0 Å². The molecule has 122 valence electrons. The highest BCUT2D eigenvalue weighted by atomic mass is 16.2. The second kappa shape index (κ2) is 5.45. The van der Waals surface area contributed by atoms with E-state index in [4.69, 9.17) is 4.99 Å². The third kappa shape index (κ3) is 2.40. The Balaban J connectivity index is 1.61. The van der Waals surface area contributed by atoms with E-state index < -0.39 is 5.54 Å². The van der Waals surface area contributed by atoms with E-state index in [9.17, 15) is 4.79 Å². The molecule has 4 heteroatoms. The fraction of sp³-hybridized carbons (Fsp3) is 0.579. The molecule has 2 aliphatic heterocycles. The van der Waals surface area contributed by atoms with Crippen LogP contribution in [-0.2, 0) is 4.79 Å². The predicted octanol–water partition coefficient (Wildman–Crippen LogP) is 2.30. The molecule has 0 unspecified atom stereocenters. The van der Waals surface area contributed by atoms with Gasteiger partial charge in [-0.3, -0.25) is 9.79 Å². The number of benzene rings is 1. The number of likely N-dealkylation sites (tertiary alicyclic amines) is 1. The second-order valence-electron chi connectivity index (χ2n) is 7.72. The van der Waals surface area contributed by atoms with Crippen LogP contribution in [0, 0.1) is 17.8 Å². The predicted molar refractivity (Wildman–Crippen MR) is 91.3 cm³/mol. The molecule has 23 heavy (non-hydrogen) atoms. The molecule has 0 radical (unpaired) electrons. The maximum atomic E-state index is 12.8. The largest absolute Gasteiger partial charge is 0.308 e. The number of fused-ring (bicyclic) bond motifs is 2. The minimum atomic E-state index is -0.512. The van der Waals surface area contributed by atoms with Gasteiger partial charge in [0.2, 0.25) is 0 Å². The van der Waals surface area contributed by atoms with Gasteiger partial charge in [0.05, 0.1) is 0 Å². The molecular formula is C19H25N3O. The molecule has 1 aromatic carbocycles. The van der Waals surface area contributed by atoms with E-state index in [0.717, 1.165) is 43.9 Å². The number of amidine groups is 1. The average Bonchev–Trinajstić information content (AvgIpc) is 3.16. The molecule has 0 bridgehead atoms. The molecule has 1 aromatic rings. The van der Waals surface area contributed by atoms with E-state index in [-0.39, 0.29) is 5.91 Å². The summed E-state index contributed by atoms with van der Waals surface area (Å²) < 4.78 is 0. The third-order valence-corrected chi connectivity index (χ3v) is 5.63. The van der Waals surface area contributed by atoms with E-state index in [1.54, 1.807) is 0 Å². The van der Waals surface area contributed by atoms with Crippen LogP contribution in [0.1, 0.15) is 32.3 Å². The number of hydrogen-bond donors (Lipinski definition) is 1. The van der Waals surface area contributed by atoms with Gasteiger partial charge in [0.1, 0.15) is 11.4 Å². The lowest BCUT2D eigenvalue weighted by molar-refractivity contribution is -0.125. The van der Waals surface area contributed by atoms with Gasteiger partial charge >= 0.3 is 0 Å². The number of hydrogen-bond acceptors (Lipinski definition) is 3. The molecule has 1 amide bonds. The SMILES string of the molecule is CC(C)CN1C[C@@H]2CC[C@@]3(N=C(c4ccccc4)NC3=O)[C@@H]2C1. The Morgan fingerprint density at radius 3 is 2.83 bits per heavy atom. The molecule has 0 aromatic heterocycles. The van der Waals surface area contributed by atoms with Crippen molar-refractivity contribution < 1.29 is 4.79 Å². The van der Waals surface area contributed by atoms with Gasteiger partial charge in [-0.05, 0) is 24.7 Å². The maximum absolute atomic E-state index is 12.8. The van der Waals surface area contributed by atoms with Gasteiger partial charge in [-0.2, -0.15) is 0 Å². The molecule has 3 atom stereocenters. The Hall–Kier alpha value is -1.68. The molecule has 1 N–H and O–H groups in total. The Labute approximate surface area is 138 Å². The molecule has 3 aliphatic rings. The second-order valence-corrected chi connectivity index (χ2v) is 7.72. The van der Waals surface area contributed by atoms with E-state index in [1.165, 1.54) is 0 Å². The Morgan fingerprint density at radius 1 is 1.30 bits per heavy atom. The van der Waals surface area contributed by atoms with Crippen molar-refractivity contribution in [2.45, 2.75) is 32.2 Å². The highest BCUT2D eigenvalue weighted by Crippen LogP contribution is 2.49. The summed E-state index contributed by atoms with van der Waals surface area (Å²) in [5.74, 6) is 2.56. The summed E-state index contributed by atoms with van der Waals surface area (Å²) in [5.41, 5.74) is 0.500. The average molecular weight is 311 g/mol. The summed E-state index contributed by atoms with van der Waals surface area (Å²) in [6.45, 7) is 7.80. The van der Waals surface area contributed by atoms with Crippen LogP contribution in [0.15, 0.2) is 35.3 Å². The first-order valence-corrected chi connectivity index (χ1v) is 8.77. The van der Waals surface area contributed by atoms with Gasteiger partial charge in [-0.25, -0.2) is 0 Å². The Morgan fingerprint density at radius 2 is 2.09 bits per heavy atom. The van der Waals surface area contributed by atoms with Gasteiger partial charge in [-0.1, -0.05) is 44.2 Å². The van der Waals surface area contributed by atoms with Crippen molar-refractivity contribution in [3.63, 3.8) is 0 Å². The van der Waals surface area contributed by atoms with Crippen LogP contribution in [-0.4, -0.2) is 41.8 Å². The zero-order valence-corrected chi connectivity index (χ0v) is 14.0. The first kappa shape index (κ1) is 14.9. The van der Waals surface area contributed by atoms with Gasteiger partial charge in [0.15, 0.2) is 0 Å². The lowest BCUT2D eigenvalue weighted by atomic mass is 9.85. The fourth-order valence-electron chi connectivity index (χ4n) is 4.70. The number of carbonyl (C=O) groups excluding carboxylic acids is 1. The number of amides is 1. The van der Waals surface area contributed by atoms with Crippen molar-refractivity contribution in [1.29, 1.82) is 0 Å². The summed E-state index contributed by atoms with van der Waals surface area (Å²) in [4.78, 5) is 20.3. The number of nitrogens with one attached hydrogen (secondary N) is 1. The molecule has 2 fully saturated rings. The van der Waals surface area contributed by atoms with Crippen molar-refractivity contribution in [1.82, 2.24) is 10.2 Å². The van der Waals surface area contributed by atoms with Gasteiger partial charge in [0, 0.05) is 31.1 Å². The van der Waals surface area contributed by atoms with Crippen LogP contribution in [0.3, 0.4) is 0 Å². The van der Waals surface area contributed by atoms with Gasteiger partial charge in [0.25, 0.3) is 5.91 Å². The van der Waals surface area contributed by atoms with E-state index in [2.05, 4.69) is 24.1 Å². The van der Waals surface area contributed by atoms with Crippen molar-refractivity contribution in [2.75, 3.05) is 19.6 Å². The molecule has 4 nitrogen and oxygen atoms in total. The lowest BCUT2D eigenvalue weighted by Gasteiger charge is -2.26. The number of nitrogens with zero attached hydrogens (tertiary/aromatic N) is 2. The van der Waals surface area contributed by atoms with Crippen molar-refractivity contribution in [3.05, 3.63) is 35.9 Å². The van der Waals surface area contributed by atoms with Gasteiger partial charge < -0.3 is 10.2 Å². The first-order chi connectivity index (χ1) is 11.1. The van der Waals surface area contributed by atoms with Crippen molar-refractivity contribution in [2.24, 2.45) is 22.7 Å². The van der Waals surface area contributed by atoms with Crippen LogP contribution in [0.25, 0.3) is 0 Å². The van der Waals surface area contributed by atoms with Crippen LogP contribution in [0.2, 0.25) is 0 Å². The molecular weight excluding hydrogens is 286 g/mol. The maximum Gasteiger partial charge on any atom is 0.253 e. The highest BCUT2D eigenvalue weighted by Gasteiger charge is 2.59. The van der Waals surface area contributed by atoms with Crippen LogP contribution >= 0.6 is 0 Å². The summed E-state index contributed by atoms with van der Waals surface area (Å²) in [6, 6.07) is 10.0. The molecule has 1 saturated heterocycles. The molecule has 2 heterocycles. The van der Waals surface area contributed by atoms with Gasteiger partial charge in [-0.15, -0.1) is 0 Å². The van der Waals surface area contributed by atoms with Crippen LogP contribution in [0.4, 0.5) is 0 Å². The summed E-state index contributed by atoms with van der Waals surface area (Å²) >= 11 is 0. The lowest BCUT2D eigenvalue weighted by Crippen LogP contribution is -2.45. The van der Waals surface area contributed by atoms with Crippen molar-refractivity contribution in [3.8, 4) is 0 Å². The van der Waals surface area contributed by atoms with Crippen LogP contribution < -0.4 is 5.32 Å². The third-order valence-electron chi connectivity index (χ3n) is 5.63. The Kier molecular flexibility index (Phi) is 3.52. The minimum Gasteiger partial charge on any atom is -0.308 e. The first-order valence-electron chi connectivity index (χ1n) is 8.77. The monoisotopic (exact) mass is 311 g/mol. The molecule has 1 saturated carbocycles. The standard InChI is InChI=1S/C19H25N3O/c1-13(2)10-22-11-15-8-9-19(16(15)12-22)18(23)20-17(21-19)14-6-4-3-5-7-14/h3-7,13,15-16H,8-12H2,1-2H3,(H,20,21,23)/t15-,16+,19+/m0/s1. The minimum absolute atomic E-state index is 0.121. The molecule has 1 aliphatic carbocycles.